The van der Waals surface area contributed by atoms with Crippen LogP contribution >= 0.6 is 0 Å². The summed E-state index contributed by atoms with van der Waals surface area (Å²) in [5.74, 6) is 0.416. The van der Waals surface area contributed by atoms with E-state index in [9.17, 15) is 0 Å². The van der Waals surface area contributed by atoms with E-state index in [1.54, 1.807) is 0 Å². The number of hydrogen-bond donors (Lipinski definition) is 0. The molecule has 1 aliphatic carbocycles. The molecule has 0 heterocycles. The van der Waals surface area contributed by atoms with Crippen molar-refractivity contribution in [3.63, 3.8) is 0 Å². The first-order chi connectivity index (χ1) is 4.34. The third-order valence-electron chi connectivity index (χ3n) is 2.04. The van der Waals surface area contributed by atoms with Crippen molar-refractivity contribution < 1.29 is 32.7 Å². The summed E-state index contributed by atoms with van der Waals surface area (Å²) in [7, 11) is 0. The largest absolute Gasteiger partial charge is 0.677 e. The zero-order chi connectivity index (χ0) is 6.69. The molecule has 0 aromatic heterocycles. The minimum Gasteiger partial charge on any atom is -0.677 e. The van der Waals surface area contributed by atoms with Crippen molar-refractivity contribution in [2.24, 2.45) is 5.92 Å². The molecular formula is C8H13NY-2. The summed E-state index contributed by atoms with van der Waals surface area (Å²) in [6.45, 7) is 6.18. The Hall–Kier alpha value is 0.804. The van der Waals surface area contributed by atoms with Crippen LogP contribution in [0.5, 0.6) is 0 Å². The molecule has 0 aliphatic heterocycles. The Bertz CT molecular complexity index is 112. The fourth-order valence-corrected chi connectivity index (χ4v) is 1.34. The monoisotopic (exact) mass is 212 g/mol. The predicted molar refractivity (Wildman–Crippen MR) is 39.0 cm³/mol. The van der Waals surface area contributed by atoms with Crippen LogP contribution in [0.3, 0.4) is 0 Å². The normalized spacial score (nSPS) is 25.7. The van der Waals surface area contributed by atoms with E-state index < -0.39 is 0 Å². The summed E-state index contributed by atoms with van der Waals surface area (Å²) in [5, 5.41) is 0. The number of hydrogen-bond acceptors (Lipinski definition) is 0. The second-order valence-corrected chi connectivity index (χ2v) is 2.72. The Morgan fingerprint density at radius 1 is 1.50 bits per heavy atom. The first-order valence-corrected chi connectivity index (χ1v) is 3.60. The quantitative estimate of drug-likeness (QED) is 0.596. The SMILES string of the molecule is [CH-]=C1CCCCC1C[NH-].[Y]. The van der Waals surface area contributed by atoms with Crippen molar-refractivity contribution in [3.05, 3.63) is 17.9 Å². The summed E-state index contributed by atoms with van der Waals surface area (Å²) in [6, 6.07) is 0. The average Bonchev–Trinajstić information content (AvgIpc) is 1.89. The van der Waals surface area contributed by atoms with Gasteiger partial charge in [0.05, 0.1) is 0 Å². The first kappa shape index (κ1) is 10.8. The van der Waals surface area contributed by atoms with Gasteiger partial charge in [-0.1, -0.05) is 31.6 Å². The first-order valence-electron chi connectivity index (χ1n) is 3.60. The fraction of sp³-hybridized carbons (Fsp3) is 0.750. The van der Waals surface area contributed by atoms with Crippen molar-refractivity contribution in [3.8, 4) is 0 Å². The van der Waals surface area contributed by atoms with Gasteiger partial charge in [-0.15, -0.1) is 6.54 Å². The molecule has 1 fully saturated rings. The van der Waals surface area contributed by atoms with Gasteiger partial charge in [0, 0.05) is 32.7 Å². The van der Waals surface area contributed by atoms with Crippen LogP contribution < -0.4 is 0 Å². The van der Waals surface area contributed by atoms with Crippen molar-refractivity contribution in [1.82, 2.24) is 0 Å². The summed E-state index contributed by atoms with van der Waals surface area (Å²) in [5.41, 5.74) is 8.19. The van der Waals surface area contributed by atoms with Gasteiger partial charge in [-0.05, 0) is 0 Å². The van der Waals surface area contributed by atoms with Crippen LogP contribution in [0.25, 0.3) is 5.73 Å². The van der Waals surface area contributed by atoms with E-state index in [0.29, 0.717) is 12.5 Å². The average molecular weight is 212 g/mol. The minimum atomic E-state index is 0. The molecule has 55 valence electrons. The predicted octanol–water partition coefficient (Wildman–Crippen LogP) is 2.59. The molecule has 1 aliphatic rings. The van der Waals surface area contributed by atoms with Gasteiger partial charge in [0.2, 0.25) is 0 Å². The van der Waals surface area contributed by atoms with Crippen molar-refractivity contribution in [1.29, 1.82) is 0 Å². The molecule has 0 amide bonds. The van der Waals surface area contributed by atoms with E-state index in [0.717, 1.165) is 18.4 Å². The maximum absolute atomic E-state index is 7.13. The van der Waals surface area contributed by atoms with E-state index in [4.69, 9.17) is 12.3 Å². The molecule has 2 heteroatoms. The Morgan fingerprint density at radius 3 is 2.60 bits per heavy atom. The van der Waals surface area contributed by atoms with Gasteiger partial charge in [-0.3, -0.25) is 5.57 Å². The molecular weight excluding hydrogens is 199 g/mol. The molecule has 1 unspecified atom stereocenters. The molecule has 1 rings (SSSR count). The summed E-state index contributed by atoms with van der Waals surface area (Å²) in [6.07, 6.45) is 4.71. The fourth-order valence-electron chi connectivity index (χ4n) is 1.34. The maximum atomic E-state index is 7.13. The molecule has 0 aromatic rings. The molecule has 1 atom stereocenters. The molecule has 10 heavy (non-hydrogen) atoms. The van der Waals surface area contributed by atoms with Crippen molar-refractivity contribution in [2.75, 3.05) is 6.54 Å². The van der Waals surface area contributed by atoms with E-state index >= 15 is 0 Å². The molecule has 1 radical (unpaired) electrons. The van der Waals surface area contributed by atoms with E-state index in [1.807, 2.05) is 0 Å². The molecule has 0 saturated heterocycles. The van der Waals surface area contributed by atoms with Crippen molar-refractivity contribution >= 4 is 0 Å². The molecule has 1 N–H and O–H groups in total. The van der Waals surface area contributed by atoms with Crippen LogP contribution in [0.15, 0.2) is 5.57 Å². The van der Waals surface area contributed by atoms with E-state index in [1.165, 1.54) is 12.8 Å². The van der Waals surface area contributed by atoms with E-state index in [2.05, 4.69) is 0 Å². The molecule has 0 spiro atoms. The van der Waals surface area contributed by atoms with Crippen LogP contribution in [0.2, 0.25) is 0 Å². The molecule has 0 aromatic carbocycles. The van der Waals surface area contributed by atoms with E-state index in [-0.39, 0.29) is 32.7 Å². The van der Waals surface area contributed by atoms with Gasteiger partial charge >= 0.3 is 0 Å². The Kier molecular flexibility index (Phi) is 5.89. The van der Waals surface area contributed by atoms with Crippen LogP contribution in [0.1, 0.15) is 25.7 Å². The smallest absolute Gasteiger partial charge is 0 e. The number of rotatable bonds is 1. The second-order valence-electron chi connectivity index (χ2n) is 2.72. The van der Waals surface area contributed by atoms with Gasteiger partial charge in [-0.25, -0.2) is 0 Å². The van der Waals surface area contributed by atoms with Crippen LogP contribution in [-0.4, -0.2) is 6.54 Å². The number of nitrogens with one attached hydrogen (secondary N) is 1. The molecule has 1 nitrogen and oxygen atoms in total. The van der Waals surface area contributed by atoms with Crippen LogP contribution in [-0.2, 0) is 32.7 Å². The second kappa shape index (κ2) is 5.45. The minimum absolute atomic E-state index is 0. The summed E-state index contributed by atoms with van der Waals surface area (Å²) >= 11 is 0. The summed E-state index contributed by atoms with van der Waals surface area (Å²) < 4.78 is 0. The Morgan fingerprint density at radius 2 is 2.20 bits per heavy atom. The maximum Gasteiger partial charge on any atom is 0 e. The zero-order valence-electron chi connectivity index (χ0n) is 6.27. The van der Waals surface area contributed by atoms with Gasteiger partial charge in [0.25, 0.3) is 0 Å². The Labute approximate surface area is 88.3 Å². The third-order valence-corrected chi connectivity index (χ3v) is 2.04. The molecule has 0 bridgehead atoms. The standard InChI is InChI=1S/C8H13N.Y/c1-7-4-2-3-5-8(7)6-9;/h1,8-9H,2-6H2;/q-2;. The van der Waals surface area contributed by atoms with Crippen molar-refractivity contribution in [2.45, 2.75) is 25.7 Å². The summed E-state index contributed by atoms with van der Waals surface area (Å²) in [4.78, 5) is 0. The molecule has 1 saturated carbocycles. The third kappa shape index (κ3) is 2.81. The van der Waals surface area contributed by atoms with Gasteiger partial charge in [0.1, 0.15) is 0 Å². The van der Waals surface area contributed by atoms with Gasteiger partial charge in [0.15, 0.2) is 0 Å². The van der Waals surface area contributed by atoms with Gasteiger partial charge in [-0.2, -0.15) is 0 Å². The van der Waals surface area contributed by atoms with Gasteiger partial charge < -0.3 is 12.3 Å². The zero-order valence-corrected chi connectivity index (χ0v) is 9.11. The topological polar surface area (TPSA) is 23.8 Å². The van der Waals surface area contributed by atoms with Crippen LogP contribution in [0, 0.1) is 12.5 Å². The Balaban J connectivity index is 0.000000810. The van der Waals surface area contributed by atoms with Crippen LogP contribution in [0.4, 0.5) is 0 Å².